The van der Waals surface area contributed by atoms with Crippen LogP contribution in [0.5, 0.6) is 0 Å². The molecule has 2 fully saturated rings. The van der Waals surface area contributed by atoms with Gasteiger partial charge < -0.3 is 25.8 Å². The lowest BCUT2D eigenvalue weighted by Gasteiger charge is -2.52. The fraction of sp³-hybridized carbons (Fsp3) is 0.444. The number of amides is 4. The number of halogens is 4. The normalized spacial score (nSPS) is 19.8. The molecule has 2 aliphatic rings. The van der Waals surface area contributed by atoms with E-state index in [1.165, 1.54) is 9.80 Å². The lowest BCUT2D eigenvalue weighted by molar-refractivity contribution is -0.167. The van der Waals surface area contributed by atoms with E-state index in [4.69, 9.17) is 17.3 Å². The molecule has 2 aromatic rings. The number of aryl methyl sites for hydroxylation is 1. The van der Waals surface area contributed by atoms with Gasteiger partial charge in [-0.1, -0.05) is 35.4 Å². The molecular formula is C27H31ClF3N5O3. The van der Waals surface area contributed by atoms with Gasteiger partial charge in [-0.2, -0.15) is 13.2 Å². The Labute approximate surface area is 229 Å². The predicted molar refractivity (Wildman–Crippen MR) is 139 cm³/mol. The lowest BCUT2D eigenvalue weighted by atomic mass is 9.99. The second kappa shape index (κ2) is 11.8. The first-order valence-electron chi connectivity index (χ1n) is 12.7. The van der Waals surface area contributed by atoms with Crippen molar-refractivity contribution >= 4 is 29.4 Å². The van der Waals surface area contributed by atoms with Gasteiger partial charge in [-0.25, -0.2) is 4.79 Å². The quantitative estimate of drug-likeness (QED) is 0.532. The molecular weight excluding hydrogens is 535 g/mol. The minimum Gasteiger partial charge on any atom is -0.334 e. The Balaban J connectivity index is 1.55. The Hall–Kier alpha value is -3.31. The van der Waals surface area contributed by atoms with Gasteiger partial charge in [-0.15, -0.1) is 0 Å². The number of nitrogens with zero attached hydrogens (tertiary/aromatic N) is 3. The van der Waals surface area contributed by atoms with E-state index in [2.05, 4.69) is 5.32 Å². The molecule has 0 saturated carbocycles. The predicted octanol–water partition coefficient (Wildman–Crippen LogP) is 3.89. The summed E-state index contributed by atoms with van der Waals surface area (Å²) in [5.74, 6) is -0.441. The summed E-state index contributed by atoms with van der Waals surface area (Å²) in [7, 11) is 0. The van der Waals surface area contributed by atoms with Gasteiger partial charge in [-0.3, -0.25) is 9.59 Å². The van der Waals surface area contributed by atoms with Crippen LogP contribution in [0.4, 0.5) is 18.0 Å². The minimum absolute atomic E-state index is 0.0379. The van der Waals surface area contributed by atoms with Crippen LogP contribution in [-0.2, 0) is 28.9 Å². The number of rotatable bonds is 7. The molecule has 39 heavy (non-hydrogen) atoms. The highest BCUT2D eigenvalue weighted by atomic mass is 35.5. The Morgan fingerprint density at radius 3 is 2.51 bits per heavy atom. The summed E-state index contributed by atoms with van der Waals surface area (Å²) in [5.41, 5.74) is 6.49. The third kappa shape index (κ3) is 6.65. The summed E-state index contributed by atoms with van der Waals surface area (Å²) >= 11 is 5.99. The van der Waals surface area contributed by atoms with Crippen molar-refractivity contribution in [1.82, 2.24) is 20.0 Å². The van der Waals surface area contributed by atoms with Crippen molar-refractivity contribution in [2.75, 3.05) is 19.6 Å². The topological polar surface area (TPSA) is 99.0 Å². The van der Waals surface area contributed by atoms with Gasteiger partial charge in [-0.05, 0) is 61.7 Å². The van der Waals surface area contributed by atoms with Crippen LogP contribution in [-0.4, -0.2) is 64.4 Å². The van der Waals surface area contributed by atoms with E-state index in [1.807, 2.05) is 12.1 Å². The van der Waals surface area contributed by atoms with Gasteiger partial charge >= 0.3 is 12.2 Å². The van der Waals surface area contributed by atoms with Crippen molar-refractivity contribution in [3.8, 4) is 0 Å². The zero-order valence-electron chi connectivity index (χ0n) is 21.5. The van der Waals surface area contributed by atoms with E-state index in [0.29, 0.717) is 35.5 Å². The van der Waals surface area contributed by atoms with Crippen LogP contribution in [0.2, 0.25) is 5.02 Å². The summed E-state index contributed by atoms with van der Waals surface area (Å²) < 4.78 is 39.7. The number of piperazine rings is 1. The van der Waals surface area contributed by atoms with Crippen LogP contribution >= 0.6 is 11.6 Å². The zero-order chi connectivity index (χ0) is 28.3. The summed E-state index contributed by atoms with van der Waals surface area (Å²) in [6, 6.07) is 9.42. The van der Waals surface area contributed by atoms with Gasteiger partial charge in [0.2, 0.25) is 11.8 Å². The van der Waals surface area contributed by atoms with Crippen LogP contribution in [0, 0.1) is 6.92 Å². The molecule has 0 radical (unpaired) electrons. The number of nitrogens with one attached hydrogen (secondary N) is 1. The summed E-state index contributed by atoms with van der Waals surface area (Å²) in [6.45, 7) is 2.28. The van der Waals surface area contributed by atoms with Gasteiger partial charge in [0.05, 0.1) is 12.1 Å². The van der Waals surface area contributed by atoms with Crippen LogP contribution in [0.1, 0.15) is 41.5 Å². The first kappa shape index (κ1) is 28.7. The maximum atomic E-state index is 13.5. The summed E-state index contributed by atoms with van der Waals surface area (Å²) in [6.07, 6.45) is -4.31. The standard InChI is InChI=1S/C27H31ClF3N5O3/c1-17-11-19(13-20(12-17)27(29,30)31)14-33-26(39)35-10-8-24(37)36-22(3-2-9-32)25(38)34(16-23(35)36)15-18-4-6-21(28)7-5-18/h4-7,11-13,22-23H,2-3,8-10,14-16,32H2,1H3,(H,33,39)/t22-,23+/m0/s1. The van der Waals surface area contributed by atoms with E-state index < -0.39 is 30.0 Å². The van der Waals surface area contributed by atoms with Gasteiger partial charge in [0.25, 0.3) is 0 Å². The van der Waals surface area contributed by atoms with E-state index in [9.17, 15) is 27.6 Å². The maximum Gasteiger partial charge on any atom is 0.416 e. The average Bonchev–Trinajstić information content (AvgIpc) is 2.88. The van der Waals surface area contributed by atoms with E-state index in [1.54, 1.807) is 30.0 Å². The van der Waals surface area contributed by atoms with Crippen LogP contribution in [0.25, 0.3) is 0 Å². The number of benzene rings is 2. The van der Waals surface area contributed by atoms with Gasteiger partial charge in [0.1, 0.15) is 12.2 Å². The van der Waals surface area contributed by atoms with Crippen molar-refractivity contribution in [1.29, 1.82) is 0 Å². The summed E-state index contributed by atoms with van der Waals surface area (Å²) in [4.78, 5) is 44.4. The van der Waals surface area contributed by atoms with Crippen LogP contribution < -0.4 is 11.1 Å². The Morgan fingerprint density at radius 2 is 1.85 bits per heavy atom. The number of nitrogens with two attached hydrogens (primary N) is 1. The molecule has 210 valence electrons. The second-order valence-electron chi connectivity index (χ2n) is 9.88. The van der Waals surface area contributed by atoms with E-state index >= 15 is 0 Å². The number of carbonyl (C=O) groups excluding carboxylic acids is 3. The highest BCUT2D eigenvalue weighted by Crippen LogP contribution is 2.31. The van der Waals surface area contributed by atoms with Gasteiger partial charge in [0, 0.05) is 31.1 Å². The Bertz CT molecular complexity index is 1220. The number of hydrogen-bond donors (Lipinski definition) is 2. The van der Waals surface area contributed by atoms with Crippen molar-refractivity contribution in [2.24, 2.45) is 5.73 Å². The van der Waals surface area contributed by atoms with Crippen LogP contribution in [0.15, 0.2) is 42.5 Å². The molecule has 2 aliphatic heterocycles. The zero-order valence-corrected chi connectivity index (χ0v) is 22.3. The fourth-order valence-electron chi connectivity index (χ4n) is 5.17. The lowest BCUT2D eigenvalue weighted by Crippen LogP contribution is -2.71. The number of fused-ring (bicyclic) bond motifs is 1. The molecule has 4 amide bonds. The Kier molecular flexibility index (Phi) is 8.70. The number of carbonyl (C=O) groups is 3. The first-order valence-corrected chi connectivity index (χ1v) is 13.1. The minimum atomic E-state index is -4.50. The molecule has 4 rings (SSSR count). The monoisotopic (exact) mass is 565 g/mol. The van der Waals surface area contributed by atoms with Crippen LogP contribution in [0.3, 0.4) is 0 Å². The molecule has 12 heteroatoms. The molecule has 2 heterocycles. The number of hydrogen-bond acceptors (Lipinski definition) is 4. The molecule has 0 aromatic heterocycles. The number of alkyl halides is 3. The first-order chi connectivity index (χ1) is 18.5. The van der Waals surface area contributed by atoms with Gasteiger partial charge in [0.15, 0.2) is 0 Å². The van der Waals surface area contributed by atoms with E-state index in [0.717, 1.165) is 17.7 Å². The second-order valence-corrected chi connectivity index (χ2v) is 10.3. The molecule has 8 nitrogen and oxygen atoms in total. The SMILES string of the molecule is Cc1cc(CNC(=O)N2CCC(=O)N3[C@@H]2CN(Cc2ccc(Cl)cc2)C(=O)[C@@H]3CCCN)cc(C(F)(F)F)c1. The molecule has 0 aliphatic carbocycles. The summed E-state index contributed by atoms with van der Waals surface area (Å²) in [5, 5.41) is 3.27. The number of urea groups is 1. The van der Waals surface area contributed by atoms with E-state index in [-0.39, 0.29) is 44.4 Å². The molecule has 3 N–H and O–H groups in total. The van der Waals surface area contributed by atoms with Crippen molar-refractivity contribution in [3.63, 3.8) is 0 Å². The third-order valence-corrected chi connectivity index (χ3v) is 7.24. The van der Waals surface area contributed by atoms with Crippen molar-refractivity contribution in [2.45, 2.75) is 57.7 Å². The van der Waals surface area contributed by atoms with Crippen molar-refractivity contribution in [3.05, 3.63) is 69.7 Å². The Morgan fingerprint density at radius 1 is 1.13 bits per heavy atom. The average molecular weight is 566 g/mol. The highest BCUT2D eigenvalue weighted by Gasteiger charge is 2.48. The highest BCUT2D eigenvalue weighted by molar-refractivity contribution is 6.30. The van der Waals surface area contributed by atoms with Crippen molar-refractivity contribution < 1.29 is 27.6 Å². The molecule has 0 spiro atoms. The molecule has 0 unspecified atom stereocenters. The third-order valence-electron chi connectivity index (χ3n) is 6.99. The maximum absolute atomic E-state index is 13.5. The fourth-order valence-corrected chi connectivity index (χ4v) is 5.29. The largest absolute Gasteiger partial charge is 0.416 e. The molecule has 2 saturated heterocycles. The molecule has 2 atom stereocenters. The molecule has 0 bridgehead atoms. The molecule has 2 aromatic carbocycles. The smallest absolute Gasteiger partial charge is 0.334 e.